The molecule has 1 amide bonds. The largest absolute Gasteiger partial charge is 0.339 e. The SMILES string of the molecule is O=C(Cn1cnc2ccccc2c1=O)N1CCN(Cc2nc3ccccc3s2)CC1. The number of carbonyl (C=O) groups excluding carboxylic acids is 1. The monoisotopic (exact) mass is 419 g/mol. The predicted molar refractivity (Wildman–Crippen MR) is 117 cm³/mol. The van der Waals surface area contributed by atoms with E-state index in [-0.39, 0.29) is 18.0 Å². The van der Waals surface area contributed by atoms with Crippen molar-refractivity contribution in [2.24, 2.45) is 0 Å². The lowest BCUT2D eigenvalue weighted by molar-refractivity contribution is -0.133. The fourth-order valence-electron chi connectivity index (χ4n) is 3.80. The summed E-state index contributed by atoms with van der Waals surface area (Å²) in [6, 6.07) is 15.4. The van der Waals surface area contributed by atoms with Crippen molar-refractivity contribution < 1.29 is 4.79 Å². The molecule has 0 atom stereocenters. The molecule has 8 heteroatoms. The van der Waals surface area contributed by atoms with Crippen molar-refractivity contribution in [3.8, 4) is 0 Å². The Labute approximate surface area is 177 Å². The topological polar surface area (TPSA) is 71.3 Å². The van der Waals surface area contributed by atoms with Crippen LogP contribution in [0.15, 0.2) is 59.7 Å². The Bertz CT molecular complexity index is 1240. The molecule has 4 aromatic rings. The summed E-state index contributed by atoms with van der Waals surface area (Å²) >= 11 is 1.72. The van der Waals surface area contributed by atoms with Gasteiger partial charge in [-0.1, -0.05) is 24.3 Å². The van der Waals surface area contributed by atoms with E-state index in [0.29, 0.717) is 24.0 Å². The van der Waals surface area contributed by atoms with Crippen LogP contribution < -0.4 is 5.56 Å². The van der Waals surface area contributed by atoms with E-state index in [0.717, 1.165) is 30.2 Å². The highest BCUT2D eigenvalue weighted by molar-refractivity contribution is 7.18. The molecule has 0 radical (unpaired) electrons. The van der Waals surface area contributed by atoms with Crippen LogP contribution in [0.1, 0.15) is 5.01 Å². The molecule has 0 aliphatic carbocycles. The molecule has 2 aromatic carbocycles. The summed E-state index contributed by atoms with van der Waals surface area (Å²) in [5.74, 6) is -0.0474. The van der Waals surface area contributed by atoms with Crippen molar-refractivity contribution in [2.75, 3.05) is 26.2 Å². The zero-order valence-corrected chi connectivity index (χ0v) is 17.2. The van der Waals surface area contributed by atoms with Crippen molar-refractivity contribution in [1.29, 1.82) is 0 Å². The Hall–Kier alpha value is -3.10. The first-order valence-corrected chi connectivity index (χ1v) is 10.8. The molecular formula is C22H21N5O2S. The number of para-hydroxylation sites is 2. The minimum Gasteiger partial charge on any atom is -0.339 e. The third-order valence-corrected chi connectivity index (χ3v) is 6.48. The molecule has 1 saturated heterocycles. The zero-order valence-electron chi connectivity index (χ0n) is 16.4. The zero-order chi connectivity index (χ0) is 20.5. The first-order chi connectivity index (χ1) is 14.7. The summed E-state index contributed by atoms with van der Waals surface area (Å²) in [4.78, 5) is 38.5. The van der Waals surface area contributed by atoms with Crippen LogP contribution >= 0.6 is 11.3 Å². The Morgan fingerprint density at radius 3 is 2.50 bits per heavy atom. The minimum atomic E-state index is -0.177. The van der Waals surface area contributed by atoms with Crippen molar-refractivity contribution in [3.05, 3.63) is 70.2 Å². The molecule has 0 N–H and O–H groups in total. The van der Waals surface area contributed by atoms with Gasteiger partial charge in [-0.15, -0.1) is 11.3 Å². The van der Waals surface area contributed by atoms with Gasteiger partial charge in [-0.2, -0.15) is 0 Å². The Morgan fingerprint density at radius 1 is 0.967 bits per heavy atom. The van der Waals surface area contributed by atoms with E-state index >= 15 is 0 Å². The molecule has 0 saturated carbocycles. The molecule has 3 heterocycles. The number of carbonyl (C=O) groups is 1. The average molecular weight is 420 g/mol. The molecule has 152 valence electrons. The second-order valence-electron chi connectivity index (χ2n) is 7.43. The van der Waals surface area contributed by atoms with Crippen LogP contribution in [0, 0.1) is 0 Å². The van der Waals surface area contributed by atoms with Gasteiger partial charge < -0.3 is 4.90 Å². The first-order valence-electron chi connectivity index (χ1n) is 9.96. The molecule has 1 fully saturated rings. The smallest absolute Gasteiger partial charge is 0.261 e. The van der Waals surface area contributed by atoms with Crippen LogP contribution in [0.5, 0.6) is 0 Å². The lowest BCUT2D eigenvalue weighted by atomic mass is 10.2. The standard InChI is InChI=1S/C22H21N5O2S/c28-21(14-27-15-23-17-6-2-1-5-16(17)22(27)29)26-11-9-25(10-12-26)13-20-24-18-7-3-4-8-19(18)30-20/h1-8,15H,9-14H2. The maximum Gasteiger partial charge on any atom is 0.261 e. The number of aromatic nitrogens is 3. The van der Waals surface area contributed by atoms with E-state index in [2.05, 4.69) is 16.0 Å². The second-order valence-corrected chi connectivity index (χ2v) is 8.54. The fraction of sp³-hybridized carbons (Fsp3) is 0.273. The lowest BCUT2D eigenvalue weighted by Crippen LogP contribution is -2.49. The van der Waals surface area contributed by atoms with Crippen molar-refractivity contribution in [3.63, 3.8) is 0 Å². The third kappa shape index (κ3) is 3.71. The van der Waals surface area contributed by atoms with E-state index in [4.69, 9.17) is 4.98 Å². The number of hydrogen-bond donors (Lipinski definition) is 0. The summed E-state index contributed by atoms with van der Waals surface area (Å²) in [6.07, 6.45) is 1.46. The predicted octanol–water partition coefficient (Wildman–Crippen LogP) is 2.35. The van der Waals surface area contributed by atoms with Crippen LogP contribution in [0.3, 0.4) is 0 Å². The minimum absolute atomic E-state index is 0.0224. The number of nitrogens with zero attached hydrogens (tertiary/aromatic N) is 5. The van der Waals surface area contributed by atoms with E-state index in [9.17, 15) is 9.59 Å². The number of benzene rings is 2. The van der Waals surface area contributed by atoms with Crippen molar-refractivity contribution in [1.82, 2.24) is 24.3 Å². The molecule has 0 unspecified atom stereocenters. The van der Waals surface area contributed by atoms with E-state index in [1.807, 2.05) is 35.2 Å². The van der Waals surface area contributed by atoms with Gasteiger partial charge in [-0.25, -0.2) is 9.97 Å². The third-order valence-electron chi connectivity index (χ3n) is 5.46. The van der Waals surface area contributed by atoms with Gasteiger partial charge in [0.05, 0.1) is 34.0 Å². The maximum absolute atomic E-state index is 12.7. The molecular weight excluding hydrogens is 398 g/mol. The van der Waals surface area contributed by atoms with Gasteiger partial charge in [0, 0.05) is 26.2 Å². The normalized spacial score (nSPS) is 15.1. The molecule has 1 aliphatic heterocycles. The van der Waals surface area contributed by atoms with Crippen molar-refractivity contribution >= 4 is 38.4 Å². The highest BCUT2D eigenvalue weighted by Gasteiger charge is 2.22. The molecule has 2 aromatic heterocycles. The number of thiazole rings is 1. The van der Waals surface area contributed by atoms with E-state index in [1.165, 1.54) is 15.6 Å². The van der Waals surface area contributed by atoms with Gasteiger partial charge >= 0.3 is 0 Å². The molecule has 1 aliphatic rings. The molecule has 5 rings (SSSR count). The summed E-state index contributed by atoms with van der Waals surface area (Å²) in [5, 5.41) is 1.64. The number of hydrogen-bond acceptors (Lipinski definition) is 6. The Kier molecular flexibility index (Phi) is 5.02. The van der Waals surface area contributed by atoms with E-state index in [1.54, 1.807) is 23.5 Å². The number of amides is 1. The summed E-state index contributed by atoms with van der Waals surface area (Å²) in [5.41, 5.74) is 1.51. The summed E-state index contributed by atoms with van der Waals surface area (Å²) in [7, 11) is 0. The van der Waals surface area contributed by atoms with Gasteiger partial charge in [-0.05, 0) is 24.3 Å². The summed E-state index contributed by atoms with van der Waals surface area (Å²) in [6.45, 7) is 3.72. The average Bonchev–Trinajstić information content (AvgIpc) is 3.18. The highest BCUT2D eigenvalue weighted by atomic mass is 32.1. The van der Waals surface area contributed by atoms with Crippen molar-refractivity contribution in [2.45, 2.75) is 13.1 Å². The summed E-state index contributed by atoms with van der Waals surface area (Å²) < 4.78 is 2.61. The molecule has 7 nitrogen and oxygen atoms in total. The maximum atomic E-state index is 12.7. The van der Waals surface area contributed by atoms with Crippen LogP contribution in [0.25, 0.3) is 21.1 Å². The second kappa shape index (κ2) is 7.97. The molecule has 30 heavy (non-hydrogen) atoms. The van der Waals surface area contributed by atoms with Gasteiger partial charge in [0.1, 0.15) is 11.6 Å². The van der Waals surface area contributed by atoms with Gasteiger partial charge in [0.25, 0.3) is 5.56 Å². The van der Waals surface area contributed by atoms with Crippen LogP contribution in [-0.2, 0) is 17.9 Å². The van der Waals surface area contributed by atoms with Gasteiger partial charge in [0.15, 0.2) is 0 Å². The van der Waals surface area contributed by atoms with E-state index < -0.39 is 0 Å². The lowest BCUT2D eigenvalue weighted by Gasteiger charge is -2.34. The number of piperazine rings is 1. The van der Waals surface area contributed by atoms with Crippen LogP contribution in [0.4, 0.5) is 0 Å². The molecule has 0 bridgehead atoms. The Balaban J connectivity index is 1.20. The quantitative estimate of drug-likeness (QED) is 0.508. The number of rotatable bonds is 4. The van der Waals surface area contributed by atoms with Crippen LogP contribution in [-0.4, -0.2) is 56.4 Å². The van der Waals surface area contributed by atoms with Gasteiger partial charge in [0.2, 0.25) is 5.91 Å². The fourth-order valence-corrected chi connectivity index (χ4v) is 4.81. The Morgan fingerprint density at radius 2 is 1.70 bits per heavy atom. The molecule has 0 spiro atoms. The van der Waals surface area contributed by atoms with Gasteiger partial charge in [-0.3, -0.25) is 19.1 Å². The highest BCUT2D eigenvalue weighted by Crippen LogP contribution is 2.23. The number of fused-ring (bicyclic) bond motifs is 2. The van der Waals surface area contributed by atoms with Crippen LogP contribution in [0.2, 0.25) is 0 Å². The first kappa shape index (κ1) is 18.9.